The summed E-state index contributed by atoms with van der Waals surface area (Å²) < 4.78 is 11.4. The molecule has 110 valence electrons. The van der Waals surface area contributed by atoms with Crippen molar-refractivity contribution < 1.29 is 9.47 Å². The van der Waals surface area contributed by atoms with E-state index < -0.39 is 0 Å². The molecule has 1 aliphatic rings. The zero-order chi connectivity index (χ0) is 14.7. The monoisotopic (exact) mass is 284 g/mol. The van der Waals surface area contributed by atoms with Gasteiger partial charge in [-0.15, -0.1) is 0 Å². The van der Waals surface area contributed by atoms with Crippen LogP contribution in [0.5, 0.6) is 11.5 Å². The summed E-state index contributed by atoms with van der Waals surface area (Å²) in [5, 5.41) is 3.49. The summed E-state index contributed by atoms with van der Waals surface area (Å²) in [6, 6.07) is 10.3. The predicted molar refractivity (Wildman–Crippen MR) is 83.1 cm³/mol. The normalized spacial score (nSPS) is 15.1. The van der Waals surface area contributed by atoms with Gasteiger partial charge in [0, 0.05) is 18.7 Å². The van der Waals surface area contributed by atoms with Crippen molar-refractivity contribution in [3.63, 3.8) is 0 Å². The smallest absolute Gasteiger partial charge is 0.161 e. The van der Waals surface area contributed by atoms with E-state index in [0.29, 0.717) is 6.61 Å². The molecule has 3 rings (SSSR count). The maximum absolute atomic E-state index is 5.75. The molecule has 0 amide bonds. The summed E-state index contributed by atoms with van der Waals surface area (Å²) in [5.74, 6) is 1.67. The van der Waals surface area contributed by atoms with E-state index in [0.717, 1.165) is 35.9 Å². The van der Waals surface area contributed by atoms with Crippen molar-refractivity contribution in [3.05, 3.63) is 47.8 Å². The van der Waals surface area contributed by atoms with E-state index in [4.69, 9.17) is 9.47 Å². The Morgan fingerprint density at radius 1 is 1.14 bits per heavy atom. The number of fused-ring (bicyclic) bond motifs is 1. The van der Waals surface area contributed by atoms with E-state index in [1.807, 2.05) is 25.1 Å². The fourth-order valence-electron chi connectivity index (χ4n) is 2.40. The van der Waals surface area contributed by atoms with Gasteiger partial charge in [-0.1, -0.05) is 6.07 Å². The fourth-order valence-corrected chi connectivity index (χ4v) is 2.40. The molecule has 4 heteroatoms. The molecule has 1 aliphatic heterocycles. The Hall–Kier alpha value is -2.23. The molecule has 0 saturated carbocycles. The summed E-state index contributed by atoms with van der Waals surface area (Å²) in [6.45, 7) is 5.56. The third-order valence-electron chi connectivity index (χ3n) is 3.65. The molecule has 0 radical (unpaired) electrons. The van der Waals surface area contributed by atoms with Gasteiger partial charge >= 0.3 is 0 Å². The van der Waals surface area contributed by atoms with Crippen molar-refractivity contribution in [1.29, 1.82) is 0 Å². The molecule has 0 fully saturated rings. The third kappa shape index (κ3) is 3.10. The van der Waals surface area contributed by atoms with Gasteiger partial charge in [-0.25, -0.2) is 0 Å². The van der Waals surface area contributed by atoms with Crippen LogP contribution in [-0.2, 0) is 0 Å². The quantitative estimate of drug-likeness (QED) is 0.932. The molecule has 0 saturated heterocycles. The first-order valence-electron chi connectivity index (χ1n) is 7.32. The maximum atomic E-state index is 5.75. The summed E-state index contributed by atoms with van der Waals surface area (Å²) in [7, 11) is 0. The second kappa shape index (κ2) is 6.04. The van der Waals surface area contributed by atoms with Crippen LogP contribution in [0.1, 0.15) is 30.6 Å². The van der Waals surface area contributed by atoms with Crippen LogP contribution in [0.4, 0.5) is 5.69 Å². The number of nitrogens with zero attached hydrogens (tertiary/aromatic N) is 1. The number of hydrogen-bond donors (Lipinski definition) is 1. The van der Waals surface area contributed by atoms with E-state index in [-0.39, 0.29) is 6.04 Å². The van der Waals surface area contributed by atoms with Crippen LogP contribution in [0, 0.1) is 6.92 Å². The van der Waals surface area contributed by atoms with Crippen molar-refractivity contribution in [1.82, 2.24) is 4.98 Å². The van der Waals surface area contributed by atoms with Crippen LogP contribution in [0.15, 0.2) is 36.5 Å². The van der Waals surface area contributed by atoms with Crippen molar-refractivity contribution in [2.24, 2.45) is 0 Å². The third-order valence-corrected chi connectivity index (χ3v) is 3.65. The van der Waals surface area contributed by atoms with Gasteiger partial charge in [0.05, 0.1) is 24.6 Å². The molecule has 4 nitrogen and oxygen atoms in total. The van der Waals surface area contributed by atoms with Crippen LogP contribution in [0.3, 0.4) is 0 Å². The number of aromatic nitrogens is 1. The summed E-state index contributed by atoms with van der Waals surface area (Å²) in [6.07, 6.45) is 2.73. The minimum Gasteiger partial charge on any atom is -0.490 e. The Kier molecular flexibility index (Phi) is 3.95. The van der Waals surface area contributed by atoms with Crippen LogP contribution >= 0.6 is 0 Å². The molecule has 0 aliphatic carbocycles. The number of aryl methyl sites for hydroxylation is 1. The van der Waals surface area contributed by atoms with Crippen molar-refractivity contribution in [3.8, 4) is 11.5 Å². The summed E-state index contributed by atoms with van der Waals surface area (Å²) >= 11 is 0. The molecule has 0 bridgehead atoms. The minimum atomic E-state index is 0.171. The topological polar surface area (TPSA) is 43.4 Å². The zero-order valence-corrected chi connectivity index (χ0v) is 12.4. The van der Waals surface area contributed by atoms with Crippen molar-refractivity contribution >= 4 is 5.69 Å². The molecule has 1 aromatic heterocycles. The minimum absolute atomic E-state index is 0.171. The largest absolute Gasteiger partial charge is 0.490 e. The Bertz CT molecular complexity index is 628. The molecule has 1 N–H and O–H groups in total. The SMILES string of the molecule is Cc1ncccc1NC(C)c1ccc2c(c1)OCCCO2. The number of hydrogen-bond acceptors (Lipinski definition) is 4. The van der Waals surface area contributed by atoms with Crippen LogP contribution in [0.25, 0.3) is 0 Å². The second-order valence-corrected chi connectivity index (χ2v) is 5.26. The van der Waals surface area contributed by atoms with Gasteiger partial charge in [0.1, 0.15) is 0 Å². The van der Waals surface area contributed by atoms with E-state index in [2.05, 4.69) is 29.4 Å². The molecular formula is C17H20N2O2. The zero-order valence-electron chi connectivity index (χ0n) is 12.4. The maximum Gasteiger partial charge on any atom is 0.161 e. The van der Waals surface area contributed by atoms with Crippen LogP contribution in [0.2, 0.25) is 0 Å². The highest BCUT2D eigenvalue weighted by molar-refractivity contribution is 5.50. The van der Waals surface area contributed by atoms with E-state index in [1.165, 1.54) is 5.56 Å². The Morgan fingerprint density at radius 3 is 2.76 bits per heavy atom. The van der Waals surface area contributed by atoms with Gasteiger partial charge in [-0.05, 0) is 43.7 Å². The highest BCUT2D eigenvalue weighted by Gasteiger charge is 2.14. The van der Waals surface area contributed by atoms with Gasteiger partial charge in [0.2, 0.25) is 0 Å². The van der Waals surface area contributed by atoms with Crippen LogP contribution < -0.4 is 14.8 Å². The van der Waals surface area contributed by atoms with Gasteiger partial charge in [-0.3, -0.25) is 4.98 Å². The molecule has 1 atom stereocenters. The highest BCUT2D eigenvalue weighted by Crippen LogP contribution is 2.33. The second-order valence-electron chi connectivity index (χ2n) is 5.26. The summed E-state index contributed by atoms with van der Waals surface area (Å²) in [5.41, 5.74) is 3.22. The average molecular weight is 284 g/mol. The van der Waals surface area contributed by atoms with Gasteiger partial charge in [0.15, 0.2) is 11.5 Å². The number of ether oxygens (including phenoxy) is 2. The lowest BCUT2D eigenvalue weighted by molar-refractivity contribution is 0.297. The Balaban J connectivity index is 1.80. The van der Waals surface area contributed by atoms with Gasteiger partial charge < -0.3 is 14.8 Å². The Labute approximate surface area is 125 Å². The lowest BCUT2D eigenvalue weighted by atomic mass is 10.1. The number of benzene rings is 1. The molecule has 0 spiro atoms. The lowest BCUT2D eigenvalue weighted by Crippen LogP contribution is -2.08. The average Bonchev–Trinajstić information content (AvgIpc) is 2.74. The van der Waals surface area contributed by atoms with Crippen molar-refractivity contribution in [2.45, 2.75) is 26.3 Å². The lowest BCUT2D eigenvalue weighted by Gasteiger charge is -2.18. The van der Waals surface area contributed by atoms with E-state index in [1.54, 1.807) is 6.20 Å². The van der Waals surface area contributed by atoms with Crippen molar-refractivity contribution in [2.75, 3.05) is 18.5 Å². The molecule has 2 heterocycles. The van der Waals surface area contributed by atoms with E-state index >= 15 is 0 Å². The van der Waals surface area contributed by atoms with Gasteiger partial charge in [-0.2, -0.15) is 0 Å². The fraction of sp³-hybridized carbons (Fsp3) is 0.353. The molecule has 1 unspecified atom stereocenters. The first-order chi connectivity index (χ1) is 10.2. The van der Waals surface area contributed by atoms with Crippen LogP contribution in [-0.4, -0.2) is 18.2 Å². The highest BCUT2D eigenvalue weighted by atomic mass is 16.5. The number of anilines is 1. The van der Waals surface area contributed by atoms with Gasteiger partial charge in [0.25, 0.3) is 0 Å². The molecule has 1 aromatic carbocycles. The molecule has 2 aromatic rings. The number of rotatable bonds is 3. The molecular weight excluding hydrogens is 264 g/mol. The molecule has 21 heavy (non-hydrogen) atoms. The van der Waals surface area contributed by atoms with E-state index in [9.17, 15) is 0 Å². The standard InChI is InChI=1S/C17H20N2O2/c1-12(19-15-5-3-8-18-13(15)2)14-6-7-16-17(11-14)21-10-4-9-20-16/h3,5-8,11-12,19H,4,9-10H2,1-2H3. The predicted octanol–water partition coefficient (Wildman–Crippen LogP) is 3.72. The summed E-state index contributed by atoms with van der Waals surface area (Å²) in [4.78, 5) is 4.30. The Morgan fingerprint density at radius 2 is 1.95 bits per heavy atom. The first kappa shape index (κ1) is 13.7. The first-order valence-corrected chi connectivity index (χ1v) is 7.32. The number of nitrogens with one attached hydrogen (secondary N) is 1. The number of pyridine rings is 1.